The minimum Gasteiger partial charge on any atom is -0.508 e. The molecule has 0 aliphatic carbocycles. The van der Waals surface area contributed by atoms with Gasteiger partial charge in [0.2, 0.25) is 11.8 Å². The number of unbranched alkanes of at least 4 members (excludes halogenated alkanes) is 1. The number of benzene rings is 1. The average Bonchev–Trinajstić information content (AvgIpc) is 2.61. The first kappa shape index (κ1) is 24.3. The highest BCUT2D eigenvalue weighted by molar-refractivity contribution is 5.91. The number of phenolic OH excluding ortho intramolecular Hbond substituents is 1. The first-order chi connectivity index (χ1) is 13.5. The second kappa shape index (κ2) is 10.7. The second-order valence-corrected chi connectivity index (χ2v) is 7.96. The molecule has 0 saturated heterocycles. The summed E-state index contributed by atoms with van der Waals surface area (Å²) >= 11 is 0. The third-order valence-corrected chi connectivity index (χ3v) is 4.13. The Kier molecular flexibility index (Phi) is 8.94. The zero-order chi connectivity index (χ0) is 22.2. The summed E-state index contributed by atoms with van der Waals surface area (Å²) in [5, 5.41) is 14.9. The molecule has 162 valence electrons. The zero-order valence-corrected chi connectivity index (χ0v) is 18.1. The van der Waals surface area contributed by atoms with E-state index >= 15 is 0 Å². The predicted molar refractivity (Wildman–Crippen MR) is 110 cm³/mol. The Morgan fingerprint density at radius 3 is 2.28 bits per heavy atom. The van der Waals surface area contributed by atoms with Gasteiger partial charge < -0.3 is 25.4 Å². The highest BCUT2D eigenvalue weighted by Crippen LogP contribution is 2.23. The van der Waals surface area contributed by atoms with Gasteiger partial charge in [0.15, 0.2) is 0 Å². The number of phenols is 1. The molecule has 0 aromatic heterocycles. The van der Waals surface area contributed by atoms with Crippen molar-refractivity contribution in [1.82, 2.24) is 15.5 Å². The summed E-state index contributed by atoms with van der Waals surface area (Å²) in [7, 11) is 1.51. The van der Waals surface area contributed by atoms with Crippen LogP contribution in [0.15, 0.2) is 24.3 Å². The molecule has 0 fully saturated rings. The smallest absolute Gasteiger partial charge is 0.408 e. The van der Waals surface area contributed by atoms with Crippen molar-refractivity contribution >= 4 is 17.9 Å². The number of rotatable bonds is 8. The number of nitrogens with zero attached hydrogens (tertiary/aromatic N) is 1. The number of aromatic hydroxyl groups is 1. The van der Waals surface area contributed by atoms with Crippen LogP contribution in [0, 0.1) is 0 Å². The van der Waals surface area contributed by atoms with Gasteiger partial charge in [0.05, 0.1) is 0 Å². The lowest BCUT2D eigenvalue weighted by atomic mass is 10.0. The van der Waals surface area contributed by atoms with Crippen molar-refractivity contribution in [2.75, 3.05) is 13.6 Å². The molecule has 0 radical (unpaired) electrons. The highest BCUT2D eigenvalue weighted by atomic mass is 16.6. The maximum absolute atomic E-state index is 12.9. The van der Waals surface area contributed by atoms with E-state index in [1.807, 2.05) is 6.92 Å². The third kappa shape index (κ3) is 8.01. The number of hydrogen-bond acceptors (Lipinski definition) is 5. The predicted octanol–water partition coefficient (Wildman–Crippen LogP) is 2.72. The van der Waals surface area contributed by atoms with Crippen molar-refractivity contribution in [2.24, 2.45) is 0 Å². The van der Waals surface area contributed by atoms with Crippen molar-refractivity contribution in [3.05, 3.63) is 29.8 Å². The van der Waals surface area contributed by atoms with Crippen LogP contribution in [-0.4, -0.2) is 53.1 Å². The van der Waals surface area contributed by atoms with Crippen LogP contribution < -0.4 is 10.6 Å². The highest BCUT2D eigenvalue weighted by Gasteiger charge is 2.32. The number of ether oxygens (including phenoxy) is 1. The molecule has 0 heterocycles. The van der Waals surface area contributed by atoms with Gasteiger partial charge >= 0.3 is 6.09 Å². The van der Waals surface area contributed by atoms with Crippen LogP contribution in [-0.2, 0) is 14.3 Å². The SMILES string of the molecule is CCCCNC(=O)C(c1ccc(O)cc1)N(C)C(=O)C(C)NC(=O)OC(C)(C)C. The molecule has 1 aromatic carbocycles. The van der Waals surface area contributed by atoms with Crippen molar-refractivity contribution in [2.45, 2.75) is 65.1 Å². The molecule has 3 N–H and O–H groups in total. The lowest BCUT2D eigenvalue weighted by Crippen LogP contribution is -2.50. The normalized spacial score (nSPS) is 13.2. The fourth-order valence-corrected chi connectivity index (χ4v) is 2.67. The molecule has 8 heteroatoms. The molecule has 1 rings (SSSR count). The standard InChI is InChI=1S/C21H33N3O5/c1-7-8-13-22-18(26)17(15-9-11-16(25)12-10-15)24(6)19(27)14(2)23-20(28)29-21(3,4)5/h9-12,14,17,25H,7-8,13H2,1-6H3,(H,22,26)(H,23,28). The van der Waals surface area contributed by atoms with Gasteiger partial charge in [-0.15, -0.1) is 0 Å². The minimum absolute atomic E-state index is 0.0628. The van der Waals surface area contributed by atoms with Crippen LogP contribution in [0.3, 0.4) is 0 Å². The molecule has 2 unspecified atom stereocenters. The number of amides is 3. The summed E-state index contributed by atoms with van der Waals surface area (Å²) in [6, 6.07) is 4.32. The summed E-state index contributed by atoms with van der Waals surface area (Å²) < 4.78 is 5.18. The summed E-state index contributed by atoms with van der Waals surface area (Å²) in [4.78, 5) is 38.9. The van der Waals surface area contributed by atoms with Crippen molar-refractivity contribution < 1.29 is 24.2 Å². The van der Waals surface area contributed by atoms with Crippen molar-refractivity contribution in [3.8, 4) is 5.75 Å². The van der Waals surface area contributed by atoms with E-state index in [9.17, 15) is 19.5 Å². The van der Waals surface area contributed by atoms with Gasteiger partial charge in [-0.25, -0.2) is 4.79 Å². The number of likely N-dealkylation sites (N-methyl/N-ethyl adjacent to an activating group) is 1. The van der Waals surface area contributed by atoms with Gasteiger partial charge in [-0.3, -0.25) is 9.59 Å². The molecule has 0 aliphatic heterocycles. The van der Waals surface area contributed by atoms with Crippen LogP contribution >= 0.6 is 0 Å². The number of carbonyl (C=O) groups excluding carboxylic acids is 3. The van der Waals surface area contributed by atoms with Crippen LogP contribution in [0.5, 0.6) is 5.75 Å². The van der Waals surface area contributed by atoms with Gasteiger partial charge in [-0.05, 0) is 51.8 Å². The Bertz CT molecular complexity index is 697. The second-order valence-electron chi connectivity index (χ2n) is 7.96. The Hall–Kier alpha value is -2.77. The van der Waals surface area contributed by atoms with Crippen molar-refractivity contribution in [1.29, 1.82) is 0 Å². The molecule has 2 atom stereocenters. The van der Waals surface area contributed by atoms with Crippen LogP contribution in [0.1, 0.15) is 59.1 Å². The van der Waals surface area contributed by atoms with Gasteiger partial charge in [-0.2, -0.15) is 0 Å². The van der Waals surface area contributed by atoms with E-state index in [0.29, 0.717) is 12.1 Å². The molecule has 0 bridgehead atoms. The molecule has 29 heavy (non-hydrogen) atoms. The number of alkyl carbamates (subject to hydrolysis) is 1. The Balaban J connectivity index is 2.98. The number of carbonyl (C=O) groups is 3. The molecule has 0 saturated carbocycles. The van der Waals surface area contributed by atoms with Gasteiger partial charge in [0.25, 0.3) is 0 Å². The van der Waals surface area contributed by atoms with Crippen LogP contribution in [0.2, 0.25) is 0 Å². The number of nitrogens with one attached hydrogen (secondary N) is 2. The molecule has 8 nitrogen and oxygen atoms in total. The maximum Gasteiger partial charge on any atom is 0.408 e. The Morgan fingerprint density at radius 1 is 1.17 bits per heavy atom. The number of hydrogen-bond donors (Lipinski definition) is 3. The topological polar surface area (TPSA) is 108 Å². The van der Waals surface area contributed by atoms with Gasteiger partial charge in [0, 0.05) is 13.6 Å². The van der Waals surface area contributed by atoms with Crippen molar-refractivity contribution in [3.63, 3.8) is 0 Å². The summed E-state index contributed by atoms with van der Waals surface area (Å²) in [6.07, 6.45) is 1.04. The molecular formula is C21H33N3O5. The molecule has 0 aliphatic rings. The first-order valence-electron chi connectivity index (χ1n) is 9.79. The van der Waals surface area contributed by atoms with Crippen LogP contribution in [0.4, 0.5) is 4.79 Å². The molecule has 1 aromatic rings. The Morgan fingerprint density at radius 2 is 1.76 bits per heavy atom. The fourth-order valence-electron chi connectivity index (χ4n) is 2.67. The summed E-state index contributed by atoms with van der Waals surface area (Å²) in [5.41, 5.74) is -0.135. The molecular weight excluding hydrogens is 374 g/mol. The van der Waals surface area contributed by atoms with Crippen LogP contribution in [0.25, 0.3) is 0 Å². The largest absolute Gasteiger partial charge is 0.508 e. The third-order valence-electron chi connectivity index (χ3n) is 4.13. The summed E-state index contributed by atoms with van der Waals surface area (Å²) in [5.74, 6) is -0.711. The monoisotopic (exact) mass is 407 g/mol. The van der Waals surface area contributed by atoms with E-state index < -0.39 is 29.7 Å². The minimum atomic E-state index is -0.900. The Labute approximate surface area is 172 Å². The van der Waals surface area contributed by atoms with E-state index in [1.54, 1.807) is 32.9 Å². The quantitative estimate of drug-likeness (QED) is 0.574. The van der Waals surface area contributed by atoms with E-state index in [2.05, 4.69) is 10.6 Å². The lowest BCUT2D eigenvalue weighted by Gasteiger charge is -2.30. The van der Waals surface area contributed by atoms with E-state index in [4.69, 9.17) is 4.74 Å². The average molecular weight is 408 g/mol. The lowest BCUT2D eigenvalue weighted by molar-refractivity contribution is -0.140. The van der Waals surface area contributed by atoms with E-state index in [-0.39, 0.29) is 11.7 Å². The maximum atomic E-state index is 12.9. The molecule has 3 amide bonds. The van der Waals surface area contributed by atoms with Gasteiger partial charge in [-0.1, -0.05) is 25.5 Å². The van der Waals surface area contributed by atoms with Gasteiger partial charge in [0.1, 0.15) is 23.4 Å². The van der Waals surface area contributed by atoms with E-state index in [0.717, 1.165) is 12.8 Å². The summed E-state index contributed by atoms with van der Waals surface area (Å²) in [6.45, 7) is 9.23. The zero-order valence-electron chi connectivity index (χ0n) is 18.1. The fraction of sp³-hybridized carbons (Fsp3) is 0.571. The van der Waals surface area contributed by atoms with E-state index in [1.165, 1.54) is 31.0 Å². The first-order valence-corrected chi connectivity index (χ1v) is 9.79. The molecule has 0 spiro atoms.